The number of hydrogen-bond donors (Lipinski definition) is 0. The first-order valence-corrected chi connectivity index (χ1v) is 6.35. The summed E-state index contributed by atoms with van der Waals surface area (Å²) in [5.41, 5.74) is 2.77. The summed E-state index contributed by atoms with van der Waals surface area (Å²) < 4.78 is 7.95. The van der Waals surface area contributed by atoms with E-state index in [9.17, 15) is 0 Å². The van der Waals surface area contributed by atoms with Crippen molar-refractivity contribution in [3.05, 3.63) is 35.1 Å². The van der Waals surface area contributed by atoms with Crippen LogP contribution in [0, 0.1) is 6.92 Å². The predicted molar refractivity (Wildman–Crippen MR) is 70.0 cm³/mol. The Morgan fingerprint density at radius 2 is 2.28 bits per heavy atom. The number of methoxy groups -OCH3 is 1. The van der Waals surface area contributed by atoms with Gasteiger partial charge in [0.05, 0.1) is 33.7 Å². The maximum atomic E-state index is 5.02. The molecule has 0 aliphatic rings. The number of fused-ring (bicyclic) bond motifs is 1. The monoisotopic (exact) mass is 260 g/mol. The molecule has 18 heavy (non-hydrogen) atoms. The van der Waals surface area contributed by atoms with Crippen LogP contribution in [0.15, 0.2) is 24.4 Å². The molecule has 0 saturated heterocycles. The van der Waals surface area contributed by atoms with E-state index >= 15 is 0 Å². The van der Waals surface area contributed by atoms with Gasteiger partial charge in [0.25, 0.3) is 0 Å². The van der Waals surface area contributed by atoms with E-state index in [4.69, 9.17) is 4.74 Å². The second-order valence-corrected chi connectivity index (χ2v) is 5.21. The number of aryl methyl sites for hydroxylation is 1. The maximum absolute atomic E-state index is 5.02. The van der Waals surface area contributed by atoms with Crippen LogP contribution >= 0.6 is 11.3 Å². The number of aromatic nitrogens is 4. The molecular weight excluding hydrogens is 248 g/mol. The summed E-state index contributed by atoms with van der Waals surface area (Å²) in [6, 6.07) is 6.10. The van der Waals surface area contributed by atoms with Gasteiger partial charge in [-0.05, 0) is 25.1 Å². The SMILES string of the molecule is COCc1cn(-c2ccc3sc(C)nc3c2)nn1. The van der Waals surface area contributed by atoms with Gasteiger partial charge in [0.15, 0.2) is 0 Å². The van der Waals surface area contributed by atoms with Gasteiger partial charge >= 0.3 is 0 Å². The van der Waals surface area contributed by atoms with E-state index in [1.807, 2.05) is 25.3 Å². The highest BCUT2D eigenvalue weighted by Crippen LogP contribution is 2.23. The molecule has 1 aromatic carbocycles. The largest absolute Gasteiger partial charge is 0.378 e. The van der Waals surface area contributed by atoms with Crippen LogP contribution < -0.4 is 0 Å². The summed E-state index contributed by atoms with van der Waals surface area (Å²) in [6.07, 6.45) is 1.86. The molecule has 0 aliphatic heterocycles. The fraction of sp³-hybridized carbons (Fsp3) is 0.250. The highest BCUT2D eigenvalue weighted by atomic mass is 32.1. The first kappa shape index (κ1) is 11.3. The lowest BCUT2D eigenvalue weighted by Crippen LogP contribution is -1.94. The minimum absolute atomic E-state index is 0.470. The molecule has 0 saturated carbocycles. The lowest BCUT2D eigenvalue weighted by atomic mass is 10.3. The van der Waals surface area contributed by atoms with Gasteiger partial charge in [0.1, 0.15) is 5.69 Å². The Bertz CT molecular complexity index is 688. The summed E-state index contributed by atoms with van der Waals surface area (Å²) in [4.78, 5) is 4.47. The van der Waals surface area contributed by atoms with Crippen LogP contribution in [0.3, 0.4) is 0 Å². The van der Waals surface area contributed by atoms with Crippen LogP contribution in [0.5, 0.6) is 0 Å². The van der Waals surface area contributed by atoms with Gasteiger partial charge in [0, 0.05) is 7.11 Å². The molecule has 0 aliphatic carbocycles. The Balaban J connectivity index is 2.01. The second kappa shape index (κ2) is 4.47. The fourth-order valence-corrected chi connectivity index (χ4v) is 2.62. The summed E-state index contributed by atoms with van der Waals surface area (Å²) in [5, 5.41) is 9.19. The van der Waals surface area contributed by atoms with Crippen molar-refractivity contribution in [1.82, 2.24) is 20.0 Å². The van der Waals surface area contributed by atoms with Crippen molar-refractivity contribution < 1.29 is 4.74 Å². The molecule has 5 nitrogen and oxygen atoms in total. The van der Waals surface area contributed by atoms with Crippen LogP contribution in [0.25, 0.3) is 15.9 Å². The van der Waals surface area contributed by atoms with E-state index in [-0.39, 0.29) is 0 Å². The van der Waals surface area contributed by atoms with E-state index < -0.39 is 0 Å². The average molecular weight is 260 g/mol. The third-order valence-electron chi connectivity index (χ3n) is 2.58. The second-order valence-electron chi connectivity index (χ2n) is 3.97. The molecule has 2 heterocycles. The molecule has 0 bridgehead atoms. The highest BCUT2D eigenvalue weighted by Gasteiger charge is 2.05. The van der Waals surface area contributed by atoms with E-state index in [1.54, 1.807) is 23.1 Å². The number of nitrogens with zero attached hydrogens (tertiary/aromatic N) is 4. The van der Waals surface area contributed by atoms with Crippen molar-refractivity contribution in [2.75, 3.05) is 7.11 Å². The molecule has 0 unspecified atom stereocenters. The van der Waals surface area contributed by atoms with Crippen molar-refractivity contribution in [2.45, 2.75) is 13.5 Å². The van der Waals surface area contributed by atoms with Crippen molar-refractivity contribution in [3.63, 3.8) is 0 Å². The first-order chi connectivity index (χ1) is 8.76. The summed E-state index contributed by atoms with van der Waals surface area (Å²) in [6.45, 7) is 2.48. The molecule has 0 spiro atoms. The van der Waals surface area contributed by atoms with Crippen molar-refractivity contribution >= 4 is 21.6 Å². The van der Waals surface area contributed by atoms with Crippen LogP contribution in [-0.2, 0) is 11.3 Å². The minimum Gasteiger partial charge on any atom is -0.378 e. The van der Waals surface area contributed by atoms with Crippen LogP contribution in [-0.4, -0.2) is 27.1 Å². The molecule has 6 heteroatoms. The van der Waals surface area contributed by atoms with E-state index in [0.29, 0.717) is 6.61 Å². The third-order valence-corrected chi connectivity index (χ3v) is 3.53. The molecule has 0 atom stereocenters. The molecular formula is C12H12N4OS. The zero-order valence-electron chi connectivity index (χ0n) is 10.1. The Labute approximate surface area is 108 Å². The zero-order chi connectivity index (χ0) is 12.5. The van der Waals surface area contributed by atoms with Gasteiger partial charge in [-0.3, -0.25) is 0 Å². The van der Waals surface area contributed by atoms with Gasteiger partial charge in [0.2, 0.25) is 0 Å². The van der Waals surface area contributed by atoms with Gasteiger partial charge < -0.3 is 4.74 Å². The molecule has 0 radical (unpaired) electrons. The van der Waals surface area contributed by atoms with Crippen molar-refractivity contribution in [3.8, 4) is 5.69 Å². The molecule has 0 amide bonds. The predicted octanol–water partition coefficient (Wildman–Crippen LogP) is 2.33. The normalized spacial score (nSPS) is 11.2. The maximum Gasteiger partial charge on any atom is 0.109 e. The number of benzene rings is 1. The minimum atomic E-state index is 0.470. The number of ether oxygens (including phenoxy) is 1. The number of thiazole rings is 1. The van der Waals surface area contributed by atoms with E-state index in [0.717, 1.165) is 21.9 Å². The van der Waals surface area contributed by atoms with Crippen LogP contribution in [0.4, 0.5) is 0 Å². The Morgan fingerprint density at radius 3 is 3.11 bits per heavy atom. The molecule has 2 aromatic heterocycles. The Hall–Kier alpha value is -1.79. The molecule has 3 aromatic rings. The summed E-state index contributed by atoms with van der Waals surface area (Å²) in [5.74, 6) is 0. The standard InChI is InChI=1S/C12H12N4OS/c1-8-13-11-5-10(3-4-12(11)18-8)16-6-9(7-17-2)14-15-16/h3-6H,7H2,1-2H3. The van der Waals surface area contributed by atoms with Crippen LogP contribution in [0.1, 0.15) is 10.7 Å². The highest BCUT2D eigenvalue weighted by molar-refractivity contribution is 7.18. The van der Waals surface area contributed by atoms with Gasteiger partial charge in [-0.15, -0.1) is 16.4 Å². The smallest absolute Gasteiger partial charge is 0.109 e. The fourth-order valence-electron chi connectivity index (χ4n) is 1.81. The van der Waals surface area contributed by atoms with Crippen molar-refractivity contribution in [2.24, 2.45) is 0 Å². The lowest BCUT2D eigenvalue weighted by molar-refractivity contribution is 0.181. The molecule has 0 fully saturated rings. The lowest BCUT2D eigenvalue weighted by Gasteiger charge is -1.98. The van der Waals surface area contributed by atoms with E-state index in [2.05, 4.69) is 21.4 Å². The average Bonchev–Trinajstić information content (AvgIpc) is 2.93. The summed E-state index contributed by atoms with van der Waals surface area (Å²) >= 11 is 1.69. The zero-order valence-corrected chi connectivity index (χ0v) is 10.9. The topological polar surface area (TPSA) is 52.8 Å². The quantitative estimate of drug-likeness (QED) is 0.725. The Kier molecular flexibility index (Phi) is 2.81. The van der Waals surface area contributed by atoms with Crippen LogP contribution in [0.2, 0.25) is 0 Å². The molecule has 92 valence electrons. The van der Waals surface area contributed by atoms with Gasteiger partial charge in [-0.2, -0.15) is 0 Å². The first-order valence-electron chi connectivity index (χ1n) is 5.54. The number of hydrogen-bond acceptors (Lipinski definition) is 5. The van der Waals surface area contributed by atoms with Gasteiger partial charge in [-0.1, -0.05) is 5.21 Å². The van der Waals surface area contributed by atoms with Gasteiger partial charge in [-0.25, -0.2) is 9.67 Å². The molecule has 0 N–H and O–H groups in total. The molecule has 3 rings (SSSR count). The Morgan fingerprint density at radius 1 is 1.39 bits per heavy atom. The number of rotatable bonds is 3. The van der Waals surface area contributed by atoms with E-state index in [1.165, 1.54) is 4.70 Å². The third kappa shape index (κ3) is 2.00. The summed E-state index contributed by atoms with van der Waals surface area (Å²) in [7, 11) is 1.64. The van der Waals surface area contributed by atoms with Crippen molar-refractivity contribution in [1.29, 1.82) is 0 Å².